The minimum atomic E-state index is 0.794. The average molecular weight is 239 g/mol. The third kappa shape index (κ3) is 1.79. The monoisotopic (exact) mass is 239 g/mol. The van der Waals surface area contributed by atoms with Crippen molar-refractivity contribution in [2.45, 2.75) is 6.92 Å². The summed E-state index contributed by atoms with van der Waals surface area (Å²) >= 11 is 0. The van der Waals surface area contributed by atoms with Gasteiger partial charge in [-0.1, -0.05) is 0 Å². The molecule has 0 atom stereocenters. The predicted molar refractivity (Wildman–Crippen MR) is 70.8 cm³/mol. The molecule has 5 nitrogen and oxygen atoms in total. The number of hydrogen-bond acceptors (Lipinski definition) is 4. The number of pyridine rings is 2. The molecule has 3 rings (SSSR count). The summed E-state index contributed by atoms with van der Waals surface area (Å²) in [5.41, 5.74) is 3.86. The molecular formula is C13H13N5. The maximum Gasteiger partial charge on any atom is 0.132 e. The maximum atomic E-state index is 4.34. The van der Waals surface area contributed by atoms with Gasteiger partial charge in [0.2, 0.25) is 0 Å². The molecule has 5 heteroatoms. The molecule has 3 aromatic rings. The first-order valence-corrected chi connectivity index (χ1v) is 5.70. The highest BCUT2D eigenvalue weighted by molar-refractivity contribution is 5.78. The number of aromatic nitrogens is 4. The van der Waals surface area contributed by atoms with Crippen LogP contribution in [0.3, 0.4) is 0 Å². The average Bonchev–Trinajstić information content (AvgIpc) is 2.74. The van der Waals surface area contributed by atoms with Crippen molar-refractivity contribution in [2.75, 3.05) is 5.32 Å². The standard InChI is InChI=1S/C13H13N5/c1-9-10(4-3-5-14-9)17-13-6-12-11(7-15-13)16-8-18(12)2/h3-8H,1-2H3,(H,15,17). The summed E-state index contributed by atoms with van der Waals surface area (Å²) in [5, 5.41) is 3.27. The molecule has 0 unspecified atom stereocenters. The number of anilines is 2. The van der Waals surface area contributed by atoms with Gasteiger partial charge in [-0.15, -0.1) is 0 Å². The molecule has 1 N–H and O–H groups in total. The Bertz CT molecular complexity index is 701. The van der Waals surface area contributed by atoms with E-state index in [4.69, 9.17) is 0 Å². The van der Waals surface area contributed by atoms with E-state index in [1.54, 1.807) is 18.7 Å². The highest BCUT2D eigenvalue weighted by Gasteiger charge is 2.04. The summed E-state index contributed by atoms with van der Waals surface area (Å²) in [7, 11) is 1.97. The molecule has 0 spiro atoms. The fraction of sp³-hybridized carbons (Fsp3) is 0.154. The van der Waals surface area contributed by atoms with Gasteiger partial charge < -0.3 is 9.88 Å². The van der Waals surface area contributed by atoms with Gasteiger partial charge in [-0.05, 0) is 19.1 Å². The Morgan fingerprint density at radius 1 is 1.22 bits per heavy atom. The van der Waals surface area contributed by atoms with Crippen LogP contribution in [0.4, 0.5) is 11.5 Å². The predicted octanol–water partition coefficient (Wildman–Crippen LogP) is 2.42. The minimum Gasteiger partial charge on any atom is -0.339 e. The zero-order valence-electron chi connectivity index (χ0n) is 10.3. The van der Waals surface area contributed by atoms with Crippen molar-refractivity contribution in [3.63, 3.8) is 0 Å². The van der Waals surface area contributed by atoms with Crippen LogP contribution >= 0.6 is 0 Å². The number of imidazole rings is 1. The largest absolute Gasteiger partial charge is 0.339 e. The molecule has 0 saturated carbocycles. The van der Waals surface area contributed by atoms with E-state index in [0.717, 1.165) is 28.2 Å². The lowest BCUT2D eigenvalue weighted by molar-refractivity contribution is 0.947. The van der Waals surface area contributed by atoms with Crippen molar-refractivity contribution in [1.82, 2.24) is 19.5 Å². The van der Waals surface area contributed by atoms with Crippen molar-refractivity contribution in [1.29, 1.82) is 0 Å². The first-order valence-electron chi connectivity index (χ1n) is 5.70. The van der Waals surface area contributed by atoms with Gasteiger partial charge in [-0.3, -0.25) is 4.98 Å². The van der Waals surface area contributed by atoms with E-state index in [1.165, 1.54) is 0 Å². The van der Waals surface area contributed by atoms with Crippen LogP contribution in [0.25, 0.3) is 11.0 Å². The van der Waals surface area contributed by atoms with Crippen LogP contribution in [0.1, 0.15) is 5.69 Å². The molecule has 0 fully saturated rings. The lowest BCUT2D eigenvalue weighted by Crippen LogP contribution is -1.97. The molecule has 0 aromatic carbocycles. The van der Waals surface area contributed by atoms with Gasteiger partial charge in [0, 0.05) is 19.3 Å². The van der Waals surface area contributed by atoms with Crippen LogP contribution < -0.4 is 5.32 Å². The topological polar surface area (TPSA) is 55.6 Å². The van der Waals surface area contributed by atoms with Crippen LogP contribution in [-0.4, -0.2) is 19.5 Å². The van der Waals surface area contributed by atoms with Crippen molar-refractivity contribution in [3.05, 3.63) is 42.6 Å². The lowest BCUT2D eigenvalue weighted by atomic mass is 10.3. The fourth-order valence-corrected chi connectivity index (χ4v) is 1.85. The molecule has 3 aromatic heterocycles. The summed E-state index contributed by atoms with van der Waals surface area (Å²) < 4.78 is 1.97. The van der Waals surface area contributed by atoms with Crippen LogP contribution in [0.2, 0.25) is 0 Å². The quantitative estimate of drug-likeness (QED) is 0.746. The fourth-order valence-electron chi connectivity index (χ4n) is 1.85. The van der Waals surface area contributed by atoms with Gasteiger partial charge in [-0.25, -0.2) is 9.97 Å². The van der Waals surface area contributed by atoms with E-state index in [1.807, 2.05) is 36.7 Å². The van der Waals surface area contributed by atoms with Crippen LogP contribution in [0.5, 0.6) is 0 Å². The SMILES string of the molecule is Cc1ncccc1Nc1cc2c(cn1)ncn2C. The molecule has 3 heterocycles. The third-order valence-corrected chi connectivity index (χ3v) is 2.88. The molecule has 0 bridgehead atoms. The van der Waals surface area contributed by atoms with Gasteiger partial charge in [0.25, 0.3) is 0 Å². The first kappa shape index (κ1) is 10.7. The van der Waals surface area contributed by atoms with Crippen molar-refractivity contribution >= 4 is 22.5 Å². The molecule has 18 heavy (non-hydrogen) atoms. The second-order valence-electron chi connectivity index (χ2n) is 4.18. The highest BCUT2D eigenvalue weighted by atomic mass is 15.0. The van der Waals surface area contributed by atoms with Crippen molar-refractivity contribution < 1.29 is 0 Å². The summed E-state index contributed by atoms with van der Waals surface area (Å²) in [5.74, 6) is 0.794. The highest BCUT2D eigenvalue weighted by Crippen LogP contribution is 2.20. The second-order valence-corrected chi connectivity index (χ2v) is 4.18. The van der Waals surface area contributed by atoms with E-state index in [-0.39, 0.29) is 0 Å². The van der Waals surface area contributed by atoms with Gasteiger partial charge >= 0.3 is 0 Å². The molecular weight excluding hydrogens is 226 g/mol. The van der Waals surface area contributed by atoms with Crippen LogP contribution in [0.15, 0.2) is 36.9 Å². The number of aryl methyl sites for hydroxylation is 2. The lowest BCUT2D eigenvalue weighted by Gasteiger charge is -2.07. The number of fused-ring (bicyclic) bond motifs is 1. The molecule has 0 aliphatic heterocycles. The zero-order valence-corrected chi connectivity index (χ0v) is 10.3. The van der Waals surface area contributed by atoms with Gasteiger partial charge in [0.05, 0.1) is 29.4 Å². The van der Waals surface area contributed by atoms with Crippen LogP contribution in [-0.2, 0) is 7.05 Å². The zero-order chi connectivity index (χ0) is 12.5. The summed E-state index contributed by atoms with van der Waals surface area (Å²) in [4.78, 5) is 12.8. The molecule has 0 radical (unpaired) electrons. The second kappa shape index (κ2) is 4.10. The van der Waals surface area contributed by atoms with Gasteiger partial charge in [0.15, 0.2) is 0 Å². The summed E-state index contributed by atoms with van der Waals surface area (Å²) in [6.07, 6.45) is 5.33. The van der Waals surface area contributed by atoms with E-state index < -0.39 is 0 Å². The molecule has 0 aliphatic carbocycles. The maximum absolute atomic E-state index is 4.34. The van der Waals surface area contributed by atoms with E-state index in [9.17, 15) is 0 Å². The number of rotatable bonds is 2. The minimum absolute atomic E-state index is 0.794. The Morgan fingerprint density at radius 3 is 2.94 bits per heavy atom. The van der Waals surface area contributed by atoms with Crippen molar-refractivity contribution in [2.24, 2.45) is 7.05 Å². The number of nitrogens with zero attached hydrogens (tertiary/aromatic N) is 4. The summed E-state index contributed by atoms with van der Waals surface area (Å²) in [6.45, 7) is 1.96. The Hall–Kier alpha value is -2.43. The Balaban J connectivity index is 2.00. The molecule has 0 aliphatic rings. The molecule has 90 valence electrons. The van der Waals surface area contributed by atoms with E-state index in [2.05, 4.69) is 20.3 Å². The Morgan fingerprint density at radius 2 is 2.11 bits per heavy atom. The Kier molecular flexibility index (Phi) is 2.44. The third-order valence-electron chi connectivity index (χ3n) is 2.88. The van der Waals surface area contributed by atoms with Crippen LogP contribution in [0, 0.1) is 6.92 Å². The normalized spacial score (nSPS) is 10.8. The first-order chi connectivity index (χ1) is 8.74. The molecule has 0 saturated heterocycles. The number of hydrogen-bond donors (Lipinski definition) is 1. The summed E-state index contributed by atoms with van der Waals surface area (Å²) in [6, 6.07) is 5.87. The van der Waals surface area contributed by atoms with Crippen molar-refractivity contribution in [3.8, 4) is 0 Å². The number of nitrogens with one attached hydrogen (secondary N) is 1. The van der Waals surface area contributed by atoms with Gasteiger partial charge in [0.1, 0.15) is 11.3 Å². The molecule has 0 amide bonds. The van der Waals surface area contributed by atoms with Gasteiger partial charge in [-0.2, -0.15) is 0 Å². The smallest absolute Gasteiger partial charge is 0.132 e. The van der Waals surface area contributed by atoms with E-state index in [0.29, 0.717) is 0 Å². The van der Waals surface area contributed by atoms with E-state index >= 15 is 0 Å². The Labute approximate surface area is 105 Å².